The molecule has 0 atom stereocenters. The van der Waals surface area contributed by atoms with Crippen LogP contribution in [-0.4, -0.2) is 39.6 Å². The van der Waals surface area contributed by atoms with Crippen molar-refractivity contribution in [3.8, 4) is 0 Å². The number of rotatable bonds is 3. The van der Waals surface area contributed by atoms with Crippen molar-refractivity contribution in [3.05, 3.63) is 60.2 Å². The number of sulfone groups is 1. The third-order valence-electron chi connectivity index (χ3n) is 4.89. The molecule has 1 N–H and O–H groups in total. The van der Waals surface area contributed by atoms with Gasteiger partial charge in [0.05, 0.1) is 21.7 Å². The Kier molecular flexibility index (Phi) is 4.95. The summed E-state index contributed by atoms with van der Waals surface area (Å²) in [6, 6.07) is 12.5. The lowest BCUT2D eigenvalue weighted by Crippen LogP contribution is -2.43. The molecule has 0 unspecified atom stereocenters. The highest BCUT2D eigenvalue weighted by Gasteiger charge is 2.37. The maximum absolute atomic E-state index is 13.4. The second-order valence-corrected chi connectivity index (χ2v) is 8.60. The van der Waals surface area contributed by atoms with E-state index in [4.69, 9.17) is 0 Å². The maximum Gasteiger partial charge on any atom is 0.417 e. The van der Waals surface area contributed by atoms with Gasteiger partial charge in [-0.2, -0.15) is 13.2 Å². The van der Waals surface area contributed by atoms with Crippen molar-refractivity contribution >= 4 is 26.4 Å². The number of benzene rings is 2. The van der Waals surface area contributed by atoms with Crippen molar-refractivity contribution in [3.63, 3.8) is 0 Å². The van der Waals surface area contributed by atoms with Crippen LogP contribution in [0.25, 0.3) is 10.9 Å². The number of alkyl halides is 3. The highest BCUT2D eigenvalue weighted by Crippen LogP contribution is 2.36. The summed E-state index contributed by atoms with van der Waals surface area (Å²) in [5, 5.41) is 3.57. The van der Waals surface area contributed by atoms with E-state index >= 15 is 0 Å². The molecule has 0 radical (unpaired) electrons. The van der Waals surface area contributed by atoms with Gasteiger partial charge in [-0.25, -0.2) is 13.4 Å². The summed E-state index contributed by atoms with van der Waals surface area (Å²) in [4.78, 5) is 5.60. The van der Waals surface area contributed by atoms with Crippen LogP contribution in [-0.2, 0) is 16.0 Å². The highest BCUT2D eigenvalue weighted by molar-refractivity contribution is 7.91. The van der Waals surface area contributed by atoms with Crippen LogP contribution in [0.3, 0.4) is 0 Å². The molecular formula is C20H18F3N3O2S. The highest BCUT2D eigenvalue weighted by atomic mass is 32.2. The van der Waals surface area contributed by atoms with Crippen molar-refractivity contribution < 1.29 is 21.6 Å². The largest absolute Gasteiger partial charge is 0.417 e. The van der Waals surface area contributed by atoms with E-state index in [2.05, 4.69) is 15.2 Å². The smallest absolute Gasteiger partial charge is 0.367 e. The molecule has 5 nitrogen and oxygen atoms in total. The summed E-state index contributed by atoms with van der Waals surface area (Å²) >= 11 is 0. The fraction of sp³-hybridized carbons (Fsp3) is 0.250. The SMILES string of the molecule is O=S(=O)(c1ccc2cccc(N3CCNCC3)c2n1)c1ccccc1C(F)(F)F. The summed E-state index contributed by atoms with van der Waals surface area (Å²) in [6.07, 6.45) is -4.79. The number of pyridine rings is 1. The van der Waals surface area contributed by atoms with Gasteiger partial charge >= 0.3 is 6.18 Å². The number of halogens is 3. The summed E-state index contributed by atoms with van der Waals surface area (Å²) < 4.78 is 66.2. The van der Waals surface area contributed by atoms with Crippen LogP contribution in [0.15, 0.2) is 64.5 Å². The molecule has 0 bridgehead atoms. The Hall–Kier alpha value is -2.65. The fourth-order valence-electron chi connectivity index (χ4n) is 3.47. The third-order valence-corrected chi connectivity index (χ3v) is 6.60. The third kappa shape index (κ3) is 3.67. The van der Waals surface area contributed by atoms with E-state index in [1.165, 1.54) is 12.1 Å². The molecule has 4 rings (SSSR count). The lowest BCUT2D eigenvalue weighted by molar-refractivity contribution is -0.139. The predicted molar refractivity (Wildman–Crippen MR) is 104 cm³/mol. The second-order valence-electron chi connectivity index (χ2n) is 6.73. The Morgan fingerprint density at radius 3 is 2.38 bits per heavy atom. The Morgan fingerprint density at radius 1 is 0.931 bits per heavy atom. The van der Waals surface area contributed by atoms with Gasteiger partial charge in [-0.3, -0.25) is 0 Å². The van der Waals surface area contributed by atoms with Crippen LogP contribution in [0.4, 0.5) is 18.9 Å². The van der Waals surface area contributed by atoms with Crippen LogP contribution in [0.1, 0.15) is 5.56 Å². The van der Waals surface area contributed by atoms with Gasteiger partial charge in [-0.15, -0.1) is 0 Å². The molecule has 1 aliphatic heterocycles. The molecule has 0 spiro atoms. The Morgan fingerprint density at radius 2 is 1.66 bits per heavy atom. The van der Waals surface area contributed by atoms with Crippen molar-refractivity contribution in [2.45, 2.75) is 16.1 Å². The van der Waals surface area contributed by atoms with Crippen molar-refractivity contribution in [2.24, 2.45) is 0 Å². The van der Waals surface area contributed by atoms with Gasteiger partial charge in [0.2, 0.25) is 9.84 Å². The number of para-hydroxylation sites is 1. The molecule has 1 aliphatic rings. The van der Waals surface area contributed by atoms with Gasteiger partial charge in [0.15, 0.2) is 5.03 Å². The lowest BCUT2D eigenvalue weighted by Gasteiger charge is -2.30. The average Bonchev–Trinajstić information content (AvgIpc) is 2.73. The van der Waals surface area contributed by atoms with Crippen molar-refractivity contribution in [1.29, 1.82) is 0 Å². The van der Waals surface area contributed by atoms with Crippen LogP contribution in [0, 0.1) is 0 Å². The summed E-state index contributed by atoms with van der Waals surface area (Å²) in [5.41, 5.74) is 0.0300. The fourth-order valence-corrected chi connectivity index (χ4v) is 4.89. The number of hydrogen-bond acceptors (Lipinski definition) is 5. The van der Waals surface area contributed by atoms with Gasteiger partial charge in [0.25, 0.3) is 0 Å². The zero-order valence-electron chi connectivity index (χ0n) is 15.3. The predicted octanol–water partition coefficient (Wildman–Crippen LogP) is 3.50. The van der Waals surface area contributed by atoms with E-state index in [1.54, 1.807) is 12.1 Å². The molecule has 2 aromatic carbocycles. The molecule has 0 saturated carbocycles. The zero-order valence-corrected chi connectivity index (χ0v) is 16.1. The normalized spacial score (nSPS) is 15.6. The first-order valence-corrected chi connectivity index (χ1v) is 10.5. The van der Waals surface area contributed by atoms with Crippen LogP contribution < -0.4 is 10.2 Å². The van der Waals surface area contributed by atoms with E-state index in [0.29, 0.717) is 5.52 Å². The van der Waals surface area contributed by atoms with E-state index in [9.17, 15) is 21.6 Å². The molecule has 2 heterocycles. The molecular weight excluding hydrogens is 403 g/mol. The minimum Gasteiger partial charge on any atom is -0.367 e. The molecule has 0 aliphatic carbocycles. The van der Waals surface area contributed by atoms with E-state index in [0.717, 1.165) is 55.5 Å². The van der Waals surface area contributed by atoms with Crippen LogP contribution in [0.5, 0.6) is 0 Å². The molecule has 1 aromatic heterocycles. The molecule has 9 heteroatoms. The number of fused-ring (bicyclic) bond motifs is 1. The standard InChI is InChI=1S/C20H18F3N3O2S/c21-20(22,23)15-5-1-2-7-17(15)29(27,28)18-9-8-14-4-3-6-16(19(14)25-18)26-12-10-24-11-13-26/h1-9,24H,10-13H2. The summed E-state index contributed by atoms with van der Waals surface area (Å²) in [7, 11) is -4.45. The number of aromatic nitrogens is 1. The Labute approximate surface area is 166 Å². The van der Waals surface area contributed by atoms with Gasteiger partial charge in [-0.1, -0.05) is 24.3 Å². The Bertz CT molecular complexity index is 1160. The summed E-state index contributed by atoms with van der Waals surface area (Å²) in [6.45, 7) is 3.03. The molecule has 1 fully saturated rings. The quantitative estimate of drug-likeness (QED) is 0.702. The number of nitrogens with zero attached hydrogens (tertiary/aromatic N) is 2. The lowest BCUT2D eigenvalue weighted by atomic mass is 10.1. The van der Waals surface area contributed by atoms with Crippen molar-refractivity contribution in [1.82, 2.24) is 10.3 Å². The Balaban J connectivity index is 1.87. The maximum atomic E-state index is 13.4. The zero-order chi connectivity index (χ0) is 20.6. The van der Waals surface area contributed by atoms with E-state index in [1.807, 2.05) is 12.1 Å². The van der Waals surface area contributed by atoms with Gasteiger partial charge in [0, 0.05) is 31.6 Å². The minimum atomic E-state index is -4.79. The van der Waals surface area contributed by atoms with Gasteiger partial charge < -0.3 is 10.2 Å². The molecule has 3 aromatic rings. The first-order valence-electron chi connectivity index (χ1n) is 9.05. The average molecular weight is 421 g/mol. The molecule has 1 saturated heterocycles. The summed E-state index contributed by atoms with van der Waals surface area (Å²) in [5.74, 6) is 0. The number of piperazine rings is 1. The monoisotopic (exact) mass is 421 g/mol. The van der Waals surface area contributed by atoms with Crippen LogP contribution >= 0.6 is 0 Å². The van der Waals surface area contributed by atoms with E-state index in [-0.39, 0.29) is 0 Å². The van der Waals surface area contributed by atoms with Gasteiger partial charge in [0.1, 0.15) is 0 Å². The van der Waals surface area contributed by atoms with E-state index < -0.39 is 31.5 Å². The molecule has 29 heavy (non-hydrogen) atoms. The second kappa shape index (κ2) is 7.31. The van der Waals surface area contributed by atoms with Crippen molar-refractivity contribution in [2.75, 3.05) is 31.1 Å². The first-order chi connectivity index (χ1) is 13.8. The number of anilines is 1. The number of hydrogen-bond donors (Lipinski definition) is 1. The molecule has 152 valence electrons. The minimum absolute atomic E-state index is 0.399. The molecule has 0 amide bonds. The topological polar surface area (TPSA) is 62.3 Å². The first kappa shape index (κ1) is 19.7. The number of nitrogens with one attached hydrogen (secondary N) is 1. The van der Waals surface area contributed by atoms with Crippen LogP contribution in [0.2, 0.25) is 0 Å². The van der Waals surface area contributed by atoms with Gasteiger partial charge in [-0.05, 0) is 30.3 Å².